The van der Waals surface area contributed by atoms with E-state index >= 15 is 0 Å². The Labute approximate surface area is 124 Å². The largest absolute Gasteiger partial charge is 0.463 e. The maximum absolute atomic E-state index is 11.0. The molecule has 0 saturated heterocycles. The van der Waals surface area contributed by atoms with Crippen LogP contribution in [0.4, 0.5) is 0 Å². The van der Waals surface area contributed by atoms with Gasteiger partial charge in [-0.25, -0.2) is 4.79 Å². The monoisotopic (exact) mass is 302 g/mol. The molecule has 0 fully saturated rings. The average Bonchev–Trinajstić information content (AvgIpc) is 2.48. The van der Waals surface area contributed by atoms with Crippen molar-refractivity contribution >= 4 is 14.5 Å². The van der Waals surface area contributed by atoms with Gasteiger partial charge in [-0.05, 0) is 38.3 Å². The van der Waals surface area contributed by atoms with Gasteiger partial charge < -0.3 is 13.6 Å². The Balaban J connectivity index is 4.41. The predicted octanol–water partition coefficient (Wildman–Crippen LogP) is 3.81. The summed E-state index contributed by atoms with van der Waals surface area (Å²) in [6.45, 7) is 13.0. The second-order valence-electron chi connectivity index (χ2n) is 4.92. The van der Waals surface area contributed by atoms with Gasteiger partial charge in [0.2, 0.25) is 0 Å². The van der Waals surface area contributed by atoms with Crippen molar-refractivity contribution in [3.05, 3.63) is 12.7 Å². The molecule has 2 unspecified atom stereocenters. The van der Waals surface area contributed by atoms with Crippen LogP contribution < -0.4 is 0 Å². The van der Waals surface area contributed by atoms with Gasteiger partial charge in [-0.3, -0.25) is 0 Å². The van der Waals surface area contributed by atoms with Crippen LogP contribution in [0.3, 0.4) is 0 Å². The van der Waals surface area contributed by atoms with Gasteiger partial charge in [-0.15, -0.1) is 0 Å². The standard InChI is InChI=1S/C15H30O4Si/c1-6-11-18-20(9-4,19-14(5)7-2)13-10-12-17-15(16)8-3/h8,14H,3,6-7,9-13H2,1-2,4-5H3. The highest BCUT2D eigenvalue weighted by Gasteiger charge is 2.36. The van der Waals surface area contributed by atoms with Crippen LogP contribution in [0.1, 0.15) is 47.0 Å². The van der Waals surface area contributed by atoms with Crippen LogP contribution in [0, 0.1) is 0 Å². The molecule has 2 atom stereocenters. The van der Waals surface area contributed by atoms with E-state index in [1.54, 1.807) is 0 Å². The maximum atomic E-state index is 11.0. The number of ether oxygens (including phenoxy) is 1. The predicted molar refractivity (Wildman–Crippen MR) is 83.9 cm³/mol. The summed E-state index contributed by atoms with van der Waals surface area (Å²) in [7, 11) is -2.17. The lowest BCUT2D eigenvalue weighted by Crippen LogP contribution is -2.44. The quantitative estimate of drug-likeness (QED) is 0.238. The lowest BCUT2D eigenvalue weighted by Gasteiger charge is -2.32. The lowest BCUT2D eigenvalue weighted by molar-refractivity contribution is -0.137. The van der Waals surface area contributed by atoms with Crippen LogP contribution in [0.2, 0.25) is 12.1 Å². The van der Waals surface area contributed by atoms with E-state index in [2.05, 4.69) is 34.3 Å². The van der Waals surface area contributed by atoms with E-state index in [1.165, 1.54) is 6.08 Å². The van der Waals surface area contributed by atoms with E-state index in [0.29, 0.717) is 6.61 Å². The number of hydrogen-bond acceptors (Lipinski definition) is 4. The molecule has 0 radical (unpaired) electrons. The van der Waals surface area contributed by atoms with Gasteiger partial charge in [0.1, 0.15) is 0 Å². The van der Waals surface area contributed by atoms with Crippen molar-refractivity contribution in [1.82, 2.24) is 0 Å². The molecule has 118 valence electrons. The SMILES string of the molecule is C=CC(=O)OCCC[Si](CC)(OCCC)OC(C)CC. The van der Waals surface area contributed by atoms with Crippen molar-refractivity contribution in [1.29, 1.82) is 0 Å². The fraction of sp³-hybridized carbons (Fsp3) is 0.800. The molecule has 4 nitrogen and oxygen atoms in total. The van der Waals surface area contributed by atoms with Crippen molar-refractivity contribution in [3.8, 4) is 0 Å². The van der Waals surface area contributed by atoms with E-state index in [4.69, 9.17) is 13.6 Å². The molecule has 0 aromatic heterocycles. The van der Waals surface area contributed by atoms with Crippen LogP contribution in [0.25, 0.3) is 0 Å². The Hall–Kier alpha value is -0.653. The highest BCUT2D eigenvalue weighted by atomic mass is 28.4. The van der Waals surface area contributed by atoms with E-state index in [9.17, 15) is 4.79 Å². The van der Waals surface area contributed by atoms with E-state index in [0.717, 1.165) is 38.0 Å². The summed E-state index contributed by atoms with van der Waals surface area (Å²) in [5.41, 5.74) is 0. The smallest absolute Gasteiger partial charge is 0.338 e. The molecule has 20 heavy (non-hydrogen) atoms. The minimum atomic E-state index is -2.17. The van der Waals surface area contributed by atoms with E-state index in [1.807, 2.05) is 0 Å². The minimum Gasteiger partial charge on any atom is -0.463 e. The van der Waals surface area contributed by atoms with Gasteiger partial charge in [-0.2, -0.15) is 0 Å². The summed E-state index contributed by atoms with van der Waals surface area (Å²) in [5.74, 6) is -0.369. The Morgan fingerprint density at radius 1 is 1.30 bits per heavy atom. The van der Waals surface area contributed by atoms with Crippen LogP contribution in [0.5, 0.6) is 0 Å². The van der Waals surface area contributed by atoms with Crippen molar-refractivity contribution in [2.45, 2.75) is 65.1 Å². The Bertz CT molecular complexity index is 283. The highest BCUT2D eigenvalue weighted by molar-refractivity contribution is 6.67. The highest BCUT2D eigenvalue weighted by Crippen LogP contribution is 2.24. The second kappa shape index (κ2) is 11.1. The molecular weight excluding hydrogens is 272 g/mol. The third-order valence-electron chi connectivity index (χ3n) is 3.21. The first kappa shape index (κ1) is 19.3. The molecule has 0 rings (SSSR count). The van der Waals surface area contributed by atoms with Gasteiger partial charge in [-0.1, -0.05) is 27.4 Å². The van der Waals surface area contributed by atoms with Crippen molar-refractivity contribution in [2.75, 3.05) is 13.2 Å². The van der Waals surface area contributed by atoms with Gasteiger partial charge in [0.05, 0.1) is 6.61 Å². The Morgan fingerprint density at radius 2 is 2.00 bits per heavy atom. The molecule has 0 aromatic carbocycles. The fourth-order valence-corrected chi connectivity index (χ4v) is 5.05. The van der Waals surface area contributed by atoms with E-state index < -0.39 is 8.56 Å². The molecule has 5 heteroatoms. The molecule has 0 bridgehead atoms. The van der Waals surface area contributed by atoms with Crippen molar-refractivity contribution in [2.24, 2.45) is 0 Å². The summed E-state index contributed by atoms with van der Waals surface area (Å²) in [6.07, 6.45) is 4.15. The molecule has 0 saturated carbocycles. The number of rotatable bonds is 12. The van der Waals surface area contributed by atoms with Gasteiger partial charge in [0, 0.05) is 18.8 Å². The summed E-state index contributed by atoms with van der Waals surface area (Å²) < 4.78 is 17.3. The number of carbonyl (C=O) groups is 1. The fourth-order valence-electron chi connectivity index (χ4n) is 1.84. The van der Waals surface area contributed by atoms with Gasteiger partial charge in [0.25, 0.3) is 0 Å². The molecule has 0 N–H and O–H groups in total. The molecule has 0 heterocycles. The molecule has 0 aromatic rings. The first-order valence-corrected chi connectivity index (χ1v) is 9.87. The summed E-state index contributed by atoms with van der Waals surface area (Å²) in [4.78, 5) is 11.0. The Kier molecular flexibility index (Phi) is 10.7. The summed E-state index contributed by atoms with van der Waals surface area (Å²) in [6, 6.07) is 1.78. The van der Waals surface area contributed by atoms with Crippen molar-refractivity contribution in [3.63, 3.8) is 0 Å². The lowest BCUT2D eigenvalue weighted by atomic mass is 10.3. The molecule has 0 amide bonds. The van der Waals surface area contributed by atoms with Crippen LogP contribution >= 0.6 is 0 Å². The zero-order valence-electron chi connectivity index (χ0n) is 13.4. The number of hydrogen-bond donors (Lipinski definition) is 0. The minimum absolute atomic E-state index is 0.217. The molecule has 0 aliphatic heterocycles. The topological polar surface area (TPSA) is 44.8 Å². The average molecular weight is 302 g/mol. The van der Waals surface area contributed by atoms with E-state index in [-0.39, 0.29) is 12.1 Å². The molecule has 0 spiro atoms. The molecular formula is C15H30O4Si. The maximum Gasteiger partial charge on any atom is 0.338 e. The van der Waals surface area contributed by atoms with Crippen molar-refractivity contribution < 1.29 is 18.4 Å². The van der Waals surface area contributed by atoms with Crippen LogP contribution in [-0.4, -0.2) is 33.8 Å². The zero-order chi connectivity index (χ0) is 15.4. The third kappa shape index (κ3) is 7.82. The Morgan fingerprint density at radius 3 is 2.50 bits per heavy atom. The summed E-state index contributed by atoms with van der Waals surface area (Å²) in [5, 5.41) is 0. The first-order chi connectivity index (χ1) is 9.53. The summed E-state index contributed by atoms with van der Waals surface area (Å²) >= 11 is 0. The van der Waals surface area contributed by atoms with Crippen LogP contribution in [-0.2, 0) is 18.4 Å². The van der Waals surface area contributed by atoms with Crippen LogP contribution in [0.15, 0.2) is 12.7 Å². The molecule has 0 aliphatic rings. The molecule has 0 aliphatic carbocycles. The third-order valence-corrected chi connectivity index (χ3v) is 6.97. The zero-order valence-corrected chi connectivity index (χ0v) is 14.4. The van der Waals surface area contributed by atoms with Gasteiger partial charge in [0.15, 0.2) is 0 Å². The normalized spacial score (nSPS) is 15.4. The van der Waals surface area contributed by atoms with Gasteiger partial charge >= 0.3 is 14.5 Å². The number of carbonyl (C=O) groups excluding carboxylic acids is 1. The first-order valence-electron chi connectivity index (χ1n) is 7.64. The number of esters is 1. The second-order valence-corrected chi connectivity index (χ2v) is 8.48.